The largest absolute Gasteiger partial charge is 0.506 e. The Hall–Kier alpha value is -5.30. The molecule has 0 unspecified atom stereocenters. The highest BCUT2D eigenvalue weighted by Crippen LogP contribution is 2.36. The van der Waals surface area contributed by atoms with E-state index in [0.717, 1.165) is 8.47 Å². The molecule has 5 rings (SSSR count). The number of aromatic carboxylic acids is 3. The molecule has 11 nitrogen and oxygen atoms in total. The van der Waals surface area contributed by atoms with Gasteiger partial charge in [0.1, 0.15) is 23.1 Å². The van der Waals surface area contributed by atoms with Gasteiger partial charge in [0.2, 0.25) is 0 Å². The van der Waals surface area contributed by atoms with E-state index in [9.17, 15) is 24.3 Å². The van der Waals surface area contributed by atoms with Crippen molar-refractivity contribution in [3.63, 3.8) is 0 Å². The summed E-state index contributed by atoms with van der Waals surface area (Å²) in [6, 6.07) is 28.5. The first-order chi connectivity index (χ1) is 23.9. The van der Waals surface area contributed by atoms with Gasteiger partial charge in [-0.05, 0) is 78.0 Å². The number of esters is 1. The van der Waals surface area contributed by atoms with Crippen molar-refractivity contribution in [3.05, 3.63) is 128 Å². The SMILES string of the molecule is CCOC(=O)COc1cc(C(=O)O)c(O)c2ccccc12.N#Cc1ccccc1Sc1ccccc1C(=O)O.O=C(O)c1cc(Cl)cc(I)c1. The van der Waals surface area contributed by atoms with E-state index in [4.69, 9.17) is 41.7 Å². The van der Waals surface area contributed by atoms with E-state index in [1.54, 1.807) is 79.7 Å². The molecule has 0 atom stereocenters. The molecule has 4 N–H and O–H groups in total. The summed E-state index contributed by atoms with van der Waals surface area (Å²) in [6.07, 6.45) is 0. The van der Waals surface area contributed by atoms with Crippen LogP contribution in [0.2, 0.25) is 5.02 Å². The number of nitrogens with zero attached hydrogens (tertiary/aromatic N) is 1. The molecule has 0 amide bonds. The van der Waals surface area contributed by atoms with Crippen LogP contribution in [-0.4, -0.2) is 57.5 Å². The summed E-state index contributed by atoms with van der Waals surface area (Å²) in [5, 5.41) is 47.1. The van der Waals surface area contributed by atoms with Crippen molar-refractivity contribution in [2.45, 2.75) is 16.7 Å². The molecule has 256 valence electrons. The van der Waals surface area contributed by atoms with E-state index in [1.807, 2.05) is 34.7 Å². The zero-order valence-electron chi connectivity index (χ0n) is 26.0. The third-order valence-corrected chi connectivity index (χ3v) is 8.31. The quantitative estimate of drug-likeness (QED) is 0.0824. The van der Waals surface area contributed by atoms with Crippen molar-refractivity contribution in [3.8, 4) is 17.6 Å². The molecular formula is C36H27ClINO10S. The number of aromatic hydroxyl groups is 1. The van der Waals surface area contributed by atoms with Crippen LogP contribution >= 0.6 is 46.0 Å². The van der Waals surface area contributed by atoms with Crippen LogP contribution < -0.4 is 4.74 Å². The Bertz CT molecular complexity index is 2060. The van der Waals surface area contributed by atoms with Gasteiger partial charge in [0, 0.05) is 29.2 Å². The molecule has 5 aromatic carbocycles. The third kappa shape index (κ3) is 11.1. The summed E-state index contributed by atoms with van der Waals surface area (Å²) in [6.45, 7) is 1.58. The van der Waals surface area contributed by atoms with Crippen LogP contribution in [0.5, 0.6) is 11.5 Å². The van der Waals surface area contributed by atoms with Gasteiger partial charge in [-0.3, -0.25) is 0 Å². The lowest BCUT2D eigenvalue weighted by atomic mass is 10.0. The zero-order chi connectivity index (χ0) is 36.8. The number of benzene rings is 5. The second-order valence-electron chi connectivity index (χ2n) is 9.69. The van der Waals surface area contributed by atoms with E-state index in [2.05, 4.69) is 6.07 Å². The normalized spacial score (nSPS) is 9.96. The predicted octanol–water partition coefficient (Wildman–Crippen LogP) is 8.24. The third-order valence-electron chi connectivity index (χ3n) is 6.31. The second kappa shape index (κ2) is 19.0. The van der Waals surface area contributed by atoms with Gasteiger partial charge in [-0.25, -0.2) is 19.2 Å². The number of fused-ring (bicyclic) bond motifs is 1. The van der Waals surface area contributed by atoms with Gasteiger partial charge in [0.15, 0.2) is 6.61 Å². The van der Waals surface area contributed by atoms with Crippen molar-refractivity contribution in [1.82, 2.24) is 0 Å². The first kappa shape index (κ1) is 39.1. The number of carboxylic acids is 3. The number of rotatable bonds is 9. The Balaban J connectivity index is 0.000000212. The highest BCUT2D eigenvalue weighted by Gasteiger charge is 2.18. The topological polar surface area (TPSA) is 191 Å². The lowest BCUT2D eigenvalue weighted by Crippen LogP contribution is -2.15. The van der Waals surface area contributed by atoms with Crippen molar-refractivity contribution in [2.24, 2.45) is 0 Å². The standard InChI is InChI=1S/C15H14O6.C14H9NO2S.C7H4ClIO2/c1-2-20-13(16)8-21-12-7-11(15(18)19)14(17)10-6-4-3-5-9(10)12;15-9-10-5-1-3-7-12(10)18-13-8-4-2-6-11(13)14(16)17;8-5-1-4(7(10)11)2-6(9)3-5/h3-7,17H,2,8H2,1H3,(H,18,19);1-8H,(H,16,17);1-3H,(H,10,11). The number of hydrogen-bond donors (Lipinski definition) is 4. The fraction of sp³-hybridized carbons (Fsp3) is 0.0833. The number of halogens is 2. The van der Waals surface area contributed by atoms with Crippen LogP contribution in [0.3, 0.4) is 0 Å². The van der Waals surface area contributed by atoms with Gasteiger partial charge >= 0.3 is 23.9 Å². The van der Waals surface area contributed by atoms with Crippen LogP contribution in [0, 0.1) is 14.9 Å². The minimum atomic E-state index is -1.28. The summed E-state index contributed by atoms with van der Waals surface area (Å²) in [4.78, 5) is 45.4. The Morgan fingerprint density at radius 2 is 1.40 bits per heavy atom. The molecule has 0 aliphatic heterocycles. The molecule has 0 saturated heterocycles. The zero-order valence-corrected chi connectivity index (χ0v) is 29.7. The van der Waals surface area contributed by atoms with Gasteiger partial charge < -0.3 is 29.9 Å². The van der Waals surface area contributed by atoms with E-state index < -0.39 is 23.9 Å². The minimum absolute atomic E-state index is 0.203. The fourth-order valence-corrected chi connectivity index (χ4v) is 6.23. The Morgan fingerprint density at radius 3 is 2.00 bits per heavy atom. The maximum Gasteiger partial charge on any atom is 0.344 e. The molecule has 0 radical (unpaired) electrons. The van der Waals surface area contributed by atoms with E-state index in [0.29, 0.717) is 26.3 Å². The number of nitriles is 1. The predicted molar refractivity (Wildman–Crippen MR) is 195 cm³/mol. The van der Waals surface area contributed by atoms with Crippen LogP contribution in [0.15, 0.2) is 107 Å². The van der Waals surface area contributed by atoms with Crippen molar-refractivity contribution in [2.75, 3.05) is 13.2 Å². The molecule has 0 saturated carbocycles. The first-order valence-corrected chi connectivity index (χ1v) is 16.6. The van der Waals surface area contributed by atoms with E-state index in [1.165, 1.54) is 23.9 Å². The maximum atomic E-state index is 11.3. The van der Waals surface area contributed by atoms with Crippen molar-refractivity contribution < 1.29 is 49.1 Å². The Kier molecular flexibility index (Phi) is 14.9. The number of carbonyl (C=O) groups is 4. The number of carboxylic acid groups (broad SMARTS) is 3. The molecule has 50 heavy (non-hydrogen) atoms. The molecule has 0 aromatic heterocycles. The molecule has 0 bridgehead atoms. The smallest absolute Gasteiger partial charge is 0.344 e. The van der Waals surface area contributed by atoms with Gasteiger partial charge in [-0.15, -0.1) is 0 Å². The summed E-state index contributed by atoms with van der Waals surface area (Å²) in [5.74, 6) is -3.88. The first-order valence-electron chi connectivity index (χ1n) is 14.3. The van der Waals surface area contributed by atoms with Crippen molar-refractivity contribution >= 4 is 80.6 Å². The van der Waals surface area contributed by atoms with Crippen LogP contribution in [0.4, 0.5) is 0 Å². The summed E-state index contributed by atoms with van der Waals surface area (Å²) >= 11 is 8.93. The molecule has 0 aliphatic carbocycles. The van der Waals surface area contributed by atoms with Gasteiger partial charge in [0.25, 0.3) is 0 Å². The number of hydrogen-bond acceptors (Lipinski definition) is 9. The molecule has 0 spiro atoms. The second-order valence-corrected chi connectivity index (χ2v) is 12.5. The molecule has 5 aromatic rings. The summed E-state index contributed by atoms with van der Waals surface area (Å²) < 4.78 is 10.9. The summed E-state index contributed by atoms with van der Waals surface area (Å²) in [5.41, 5.74) is 0.729. The summed E-state index contributed by atoms with van der Waals surface area (Å²) in [7, 11) is 0. The Morgan fingerprint density at radius 1 is 0.800 bits per heavy atom. The lowest BCUT2D eigenvalue weighted by Gasteiger charge is -2.12. The van der Waals surface area contributed by atoms with Crippen molar-refractivity contribution in [1.29, 1.82) is 5.26 Å². The average Bonchev–Trinajstić information content (AvgIpc) is 3.08. The number of phenols is 1. The Labute approximate surface area is 308 Å². The highest BCUT2D eigenvalue weighted by molar-refractivity contribution is 14.1. The van der Waals surface area contributed by atoms with Crippen LogP contribution in [0.1, 0.15) is 43.6 Å². The van der Waals surface area contributed by atoms with Gasteiger partial charge in [-0.2, -0.15) is 5.26 Å². The van der Waals surface area contributed by atoms with E-state index in [-0.39, 0.29) is 41.4 Å². The van der Waals surface area contributed by atoms with Crippen LogP contribution in [-0.2, 0) is 9.53 Å². The molecule has 14 heteroatoms. The lowest BCUT2D eigenvalue weighted by molar-refractivity contribution is -0.145. The highest BCUT2D eigenvalue weighted by atomic mass is 127. The molecule has 0 heterocycles. The average molecular weight is 828 g/mol. The fourth-order valence-electron chi connectivity index (χ4n) is 4.12. The minimum Gasteiger partial charge on any atom is -0.506 e. The van der Waals surface area contributed by atoms with Gasteiger partial charge in [-0.1, -0.05) is 71.9 Å². The monoisotopic (exact) mass is 827 g/mol. The van der Waals surface area contributed by atoms with Crippen LogP contribution in [0.25, 0.3) is 10.8 Å². The maximum absolute atomic E-state index is 11.3. The number of ether oxygens (including phenoxy) is 2. The molecular weight excluding hydrogens is 801 g/mol. The van der Waals surface area contributed by atoms with Gasteiger partial charge in [0.05, 0.1) is 23.3 Å². The number of carbonyl (C=O) groups excluding carboxylic acids is 1. The molecule has 0 fully saturated rings. The van der Waals surface area contributed by atoms with E-state index >= 15 is 0 Å². The molecule has 0 aliphatic rings.